The van der Waals surface area contributed by atoms with Gasteiger partial charge < -0.3 is 24.0 Å². The number of amides is 1. The Morgan fingerprint density at radius 3 is 2.82 bits per heavy atom. The van der Waals surface area contributed by atoms with E-state index in [1.165, 1.54) is 17.2 Å². The number of carbonyl (C=O) groups excluding carboxylic acids is 1. The van der Waals surface area contributed by atoms with Gasteiger partial charge in [-0.1, -0.05) is 19.1 Å². The average molecular weight is 758 g/mol. The molecule has 0 saturated heterocycles. The van der Waals surface area contributed by atoms with Crippen LogP contribution in [0.5, 0.6) is 0 Å². The molecule has 0 radical (unpaired) electrons. The predicted octanol–water partition coefficient (Wildman–Crippen LogP) is 2.27. The number of hydrogen-bond acceptors (Lipinski definition) is 16. The average Bonchev–Trinajstić information content (AvgIpc) is 3.76. The summed E-state index contributed by atoms with van der Waals surface area (Å²) in [6.45, 7) is -1.09. The largest absolute Gasteiger partial charge is 0.695 e. The van der Waals surface area contributed by atoms with Gasteiger partial charge in [-0.3, -0.25) is 19.9 Å². The van der Waals surface area contributed by atoms with Gasteiger partial charge in [-0.2, -0.15) is 10.2 Å². The number of alkyl halides is 1. The Labute approximate surface area is 290 Å². The van der Waals surface area contributed by atoms with E-state index in [0.717, 1.165) is 0 Å². The lowest BCUT2D eigenvalue weighted by atomic mass is 10.1. The van der Waals surface area contributed by atoms with Gasteiger partial charge in [0.15, 0.2) is 23.4 Å². The van der Waals surface area contributed by atoms with Gasteiger partial charge in [0.2, 0.25) is 11.9 Å². The van der Waals surface area contributed by atoms with Gasteiger partial charge in [0.05, 0.1) is 43.9 Å². The van der Waals surface area contributed by atoms with Crippen LogP contribution < -0.4 is 16.2 Å². The van der Waals surface area contributed by atoms with E-state index in [9.17, 15) is 24.2 Å². The number of anilines is 2. The fourth-order valence-electron chi connectivity index (χ4n) is 5.83. The lowest BCUT2D eigenvalue weighted by molar-refractivity contribution is -0.118. The summed E-state index contributed by atoms with van der Waals surface area (Å²) in [5.41, 5.74) is -0.690. The Bertz CT molecular complexity index is 1820. The van der Waals surface area contributed by atoms with E-state index in [-0.39, 0.29) is 68.0 Å². The second kappa shape index (κ2) is 16.7. The highest BCUT2D eigenvalue weighted by Gasteiger charge is 2.50. The second-order valence-corrected chi connectivity index (χ2v) is 15.7. The zero-order valence-corrected chi connectivity index (χ0v) is 29.5. The molecule has 2 saturated carbocycles. The van der Waals surface area contributed by atoms with Crippen LogP contribution in [0.4, 0.5) is 16.2 Å². The van der Waals surface area contributed by atoms with Crippen molar-refractivity contribution in [3.05, 3.63) is 28.9 Å². The molecule has 5 rings (SSSR count). The lowest BCUT2D eigenvalue weighted by Gasteiger charge is -2.29. The van der Waals surface area contributed by atoms with Crippen molar-refractivity contribution in [2.24, 2.45) is 17.8 Å². The first-order valence-corrected chi connectivity index (χ1v) is 19.3. The van der Waals surface area contributed by atoms with Crippen LogP contribution in [0.2, 0.25) is 0 Å². The number of H-pyrrole nitrogens is 1. The monoisotopic (exact) mass is 757 g/mol. The number of nitrogens with one attached hydrogen (secondary N) is 3. The maximum atomic E-state index is 15.6. The minimum absolute atomic E-state index is 0.0462. The van der Waals surface area contributed by atoms with Crippen molar-refractivity contribution < 1.29 is 41.8 Å². The third kappa shape index (κ3) is 9.07. The third-order valence-electron chi connectivity index (χ3n) is 8.26. The molecule has 2 aliphatic rings. The van der Waals surface area contributed by atoms with Gasteiger partial charge in [-0.05, 0) is 43.1 Å². The molecule has 9 atom stereocenters. The Hall–Kier alpha value is -3.44. The number of fused-ring (bicyclic) bond motifs is 1. The molecule has 5 N–H and O–H groups in total. The van der Waals surface area contributed by atoms with Gasteiger partial charge >= 0.3 is 15.0 Å². The van der Waals surface area contributed by atoms with E-state index in [0.29, 0.717) is 12.2 Å². The molecular weight excluding hydrogens is 721 g/mol. The molecule has 3 aromatic heterocycles. The smallest absolute Gasteiger partial charge is 0.396 e. The fourth-order valence-corrected chi connectivity index (χ4v) is 8.51. The molecule has 270 valence electrons. The molecule has 0 aliphatic heterocycles. The summed E-state index contributed by atoms with van der Waals surface area (Å²) in [4.78, 5) is 49.3. The summed E-state index contributed by atoms with van der Waals surface area (Å²) in [5.74, 6) is -1.63. The predicted molar refractivity (Wildman–Crippen MR) is 177 cm³/mol. The Morgan fingerprint density at radius 1 is 1.34 bits per heavy atom. The van der Waals surface area contributed by atoms with Crippen molar-refractivity contribution in [1.29, 1.82) is 5.26 Å². The number of aliphatic hydroxyl groups is 1. The van der Waals surface area contributed by atoms with Crippen molar-refractivity contribution in [3.63, 3.8) is 0 Å². The summed E-state index contributed by atoms with van der Waals surface area (Å²) < 4.78 is 52.0. The topological polar surface area (TPSA) is 262 Å². The van der Waals surface area contributed by atoms with Crippen molar-refractivity contribution in [2.45, 2.75) is 70.0 Å². The van der Waals surface area contributed by atoms with Crippen LogP contribution >= 0.6 is 15.0 Å². The molecule has 0 aromatic carbocycles. The van der Waals surface area contributed by atoms with E-state index >= 15 is 4.39 Å². The molecule has 0 bridgehead atoms. The van der Waals surface area contributed by atoms with Gasteiger partial charge in [0.25, 0.3) is 5.56 Å². The fraction of sp³-hybridized carbons (Fsp3) is 0.630. The second-order valence-electron chi connectivity index (χ2n) is 12.1. The van der Waals surface area contributed by atoms with E-state index in [2.05, 4.69) is 40.9 Å². The maximum absolute atomic E-state index is 15.6. The molecule has 0 spiro atoms. The number of halogens is 1. The number of hydrogen-bond donors (Lipinski definition) is 5. The first-order valence-electron chi connectivity index (χ1n) is 15.6. The Morgan fingerprint density at radius 2 is 2.14 bits per heavy atom. The number of carbonyl (C=O) groups is 1. The van der Waals surface area contributed by atoms with Crippen LogP contribution in [0.25, 0.3) is 11.2 Å². The first-order chi connectivity index (χ1) is 23.9. The molecule has 2 fully saturated rings. The van der Waals surface area contributed by atoms with Crippen molar-refractivity contribution in [2.75, 3.05) is 30.5 Å². The quantitative estimate of drug-likeness (QED) is 0.104. The van der Waals surface area contributed by atoms with Crippen LogP contribution in [0, 0.1) is 29.1 Å². The molecule has 3 aromatic rings. The molecule has 23 heteroatoms. The Kier molecular flexibility index (Phi) is 12.6. The molecule has 50 heavy (non-hydrogen) atoms. The highest BCUT2D eigenvalue weighted by Crippen LogP contribution is 2.56. The minimum Gasteiger partial charge on any atom is -0.396 e. The van der Waals surface area contributed by atoms with E-state index in [1.54, 1.807) is 19.9 Å². The molecule has 2 unspecified atom stereocenters. The Balaban J connectivity index is 1.39. The number of aliphatic hydroxyl groups excluding tert-OH is 1. The maximum Gasteiger partial charge on any atom is 0.695 e. The lowest BCUT2D eigenvalue weighted by Crippen LogP contribution is -2.33. The highest BCUT2D eigenvalue weighted by atomic mass is 32.5. The third-order valence-corrected chi connectivity index (χ3v) is 11.1. The zero-order valence-electron chi connectivity index (χ0n) is 26.9. The van der Waals surface area contributed by atoms with Crippen LogP contribution in [-0.4, -0.2) is 95.1 Å². The van der Waals surface area contributed by atoms with Crippen molar-refractivity contribution in [1.82, 2.24) is 34.9 Å². The van der Waals surface area contributed by atoms with E-state index < -0.39 is 62.8 Å². The molecule has 19 nitrogen and oxygen atoms in total. The van der Waals surface area contributed by atoms with Crippen LogP contribution in [0.15, 0.2) is 23.4 Å². The number of nitriles is 1. The van der Waals surface area contributed by atoms with Crippen LogP contribution in [-0.2, 0) is 39.3 Å². The summed E-state index contributed by atoms with van der Waals surface area (Å²) in [5, 5.41) is 32.9. The molecule has 2 aliphatic carbocycles. The summed E-state index contributed by atoms with van der Waals surface area (Å²) in [7, 11) is -3.17. The van der Waals surface area contributed by atoms with Crippen LogP contribution in [0.1, 0.15) is 45.6 Å². The number of rotatable bonds is 16. The van der Waals surface area contributed by atoms with Gasteiger partial charge in [-0.25, -0.2) is 19.0 Å². The summed E-state index contributed by atoms with van der Waals surface area (Å²) in [6.07, 6.45) is -0.580. The number of nitrogens with zero attached hydrogens (tertiary/aromatic N) is 7. The van der Waals surface area contributed by atoms with Crippen LogP contribution in [0.3, 0.4) is 0 Å². The normalized spacial score (nSPS) is 26.5. The summed E-state index contributed by atoms with van der Waals surface area (Å²) >= 11 is 5.78. The number of aromatic nitrogens is 7. The molecule has 3 heterocycles. The number of aromatic amines is 1. The standard InChI is InChI=1S/C27H35FN10O9P2S/c1-14(2)25(40)34-27-33-24-22(26(41)35-27)36-37-38(24)18-8-15(11-39)9-19(18)47-49(50,44-7-3-5-29)45-12-16-10-17(21(28)23(16)46-48(42)43)32-20-4-6-30-13-31-20/h4,6,13-19,21,23,39H,3,7-12H2,1-2H3,(H3-,30,31,32,33,34,35,37,40,41,42,43)/p+1/t15-,16+,17+,18+,19-,21-,23+,49?/m0/s1. The van der Waals surface area contributed by atoms with E-state index in [4.69, 9.17) is 35.2 Å². The zero-order chi connectivity index (χ0) is 36.0. The van der Waals surface area contributed by atoms with Crippen molar-refractivity contribution in [3.8, 4) is 6.07 Å². The molecule has 1 amide bonds. The SMILES string of the molecule is CC(C)C(=O)Nc1nc2c(nnn2[C@@H]2C[C@H](CO)C[C@@H]2OP(=S)(OCCC#N)OC[C@H]2C[C@@H](Nc3ccncn3)[C@H](F)[C@@H]2O[P+](=O)O)c(=O)[nH]1. The highest BCUT2D eigenvalue weighted by molar-refractivity contribution is 8.07. The molecular formula is C27H36FN10O9P2S+. The minimum atomic E-state index is -3.76. The summed E-state index contributed by atoms with van der Waals surface area (Å²) in [6, 6.07) is 1.94. The van der Waals surface area contributed by atoms with Crippen molar-refractivity contribution >= 4 is 55.6 Å². The van der Waals surface area contributed by atoms with Gasteiger partial charge in [0, 0.05) is 29.2 Å². The first kappa shape index (κ1) is 37.8. The van der Waals surface area contributed by atoms with Gasteiger partial charge in [-0.15, -0.1) is 14.5 Å². The van der Waals surface area contributed by atoms with Gasteiger partial charge in [0.1, 0.15) is 12.1 Å². The van der Waals surface area contributed by atoms with E-state index in [1.807, 2.05) is 6.07 Å².